The van der Waals surface area contributed by atoms with Gasteiger partial charge < -0.3 is 78.0 Å². The van der Waals surface area contributed by atoms with Crippen molar-refractivity contribution in [2.24, 2.45) is 17.8 Å². The number of halogens is 9. The van der Waals surface area contributed by atoms with Crippen molar-refractivity contribution in [2.75, 3.05) is 104 Å². The standard InChI is InChI=1S/C36H51ClFN5O6Si.C30H37ClFN5O5.C23H32ClFN4O2Si.C12H20N2O5.C2HF3O/c1-24(2)18-29-34-27(28(38)21-39-29)20-26(43(34)23-48-16-17-50(7,8)9)22-42-32(37)15-14-25(35(42)46)19-30(44)31(49-36(47)41(5)6)12-10-11-13-33(45)40(3)4;1-18(2)13-23-28-21(22(32)16-33-23)15-20(34-28)17-37-26(31)12-11-19(29(37)40)14-24(38)25(42-30(41)36(5)6)9-7-8-10-27(39)35(3)4;1-15(2)10-20-22-17(18(25)12-27-20)11-16(29(22)14-31-8-9-32(3,4)5)13-28-21(24)7-6-19(26)23(28)30;1-13(2)10(15)8-6-5-7-9(11(16)17)19-12(18)14(3)4;3-2(4,5)1-6/h11,13-15,20-21,24,31H,10,12,16-19,22-23H2,1-9H3;8,10-12,15-16,18,25,34H,7,9,13-14,17H2,1-6H3;6-7,11-12,15H,8-10,13-14,26H2,1-5H3;6,8-9H,5,7H2,1-4H3,(H,16,17);1H/b13-11+;10-8+;;8-6+;/t31-;25-;;9-;/m00.0./s1. The number of rotatable bonds is 44. The molecule has 9 aromatic rings. The molecule has 4 N–H and O–H groups in total. The molecule has 35 nitrogen and oxygen atoms in total. The molecule has 0 aliphatic rings. The summed E-state index contributed by atoms with van der Waals surface area (Å²) >= 11 is 19.3. The maximum absolute atomic E-state index is 15.2. The fourth-order valence-electron chi connectivity index (χ4n) is 14.1. The number of allylic oxidation sites excluding steroid dienone is 3. The van der Waals surface area contributed by atoms with Gasteiger partial charge in [-0.2, -0.15) is 13.2 Å². The van der Waals surface area contributed by atoms with Gasteiger partial charge >= 0.3 is 30.4 Å². The number of carbonyl (C=O) groups excluding carboxylic acids is 9. The summed E-state index contributed by atoms with van der Waals surface area (Å²) in [6.45, 7) is 27.8. The number of hydrogen-bond donors (Lipinski definition) is 3. The Morgan fingerprint density at radius 3 is 1.12 bits per heavy atom. The Bertz CT molecular complexity index is 6410. The third-order valence-corrected chi connectivity index (χ3v) is 26.6. The van der Waals surface area contributed by atoms with Crippen LogP contribution in [-0.2, 0) is 122 Å². The second-order valence-corrected chi connectivity index (χ2v) is 52.7. The van der Waals surface area contributed by atoms with Gasteiger partial charge in [-0.1, -0.05) is 146 Å². The Kier molecular flexibility index (Phi) is 50.4. The van der Waals surface area contributed by atoms with Gasteiger partial charge in [0, 0.05) is 171 Å². The van der Waals surface area contributed by atoms with Gasteiger partial charge in [0.25, 0.3) is 16.7 Å². The predicted octanol–water partition coefficient (Wildman–Crippen LogP) is 17.0. The Hall–Kier alpha value is -12.6. The Balaban J connectivity index is 0.000000357. The smallest absolute Gasteiger partial charge is 0.446 e. The zero-order valence-corrected chi connectivity index (χ0v) is 93.4. The zero-order chi connectivity index (χ0) is 112. The highest BCUT2D eigenvalue weighted by Gasteiger charge is 2.32. The summed E-state index contributed by atoms with van der Waals surface area (Å²) in [5.74, 6) is -3.20. The van der Waals surface area contributed by atoms with Crippen LogP contribution >= 0.6 is 34.8 Å². The number of nitrogens with zero attached hydrogens (tertiary/aromatic N) is 14. The van der Waals surface area contributed by atoms with Gasteiger partial charge in [-0.05, 0) is 148 Å². The number of alkyl halides is 3. The molecule has 9 aromatic heterocycles. The van der Waals surface area contributed by atoms with Gasteiger partial charge in [0.2, 0.25) is 30.1 Å². The number of fused-ring (bicyclic) bond motifs is 3. The number of pyridine rings is 6. The number of ketones is 2. The summed E-state index contributed by atoms with van der Waals surface area (Å²) in [5.41, 5.74) is 10.9. The second kappa shape index (κ2) is 59.1. The molecule has 0 bridgehead atoms. The Labute approximate surface area is 880 Å². The summed E-state index contributed by atoms with van der Waals surface area (Å²) in [6.07, 6.45) is 3.89. The van der Waals surface area contributed by atoms with Crippen LogP contribution in [0.15, 0.2) is 124 Å². The topological polar surface area (TPSA) is 413 Å². The second-order valence-electron chi connectivity index (χ2n) is 40.3. The van der Waals surface area contributed by atoms with Crippen LogP contribution in [0, 0.1) is 35.2 Å². The highest BCUT2D eigenvalue weighted by molar-refractivity contribution is 6.76. The van der Waals surface area contributed by atoms with Crippen LogP contribution < -0.4 is 22.4 Å². The first kappa shape index (κ1) is 127. The first-order valence-corrected chi connectivity index (χ1v) is 56.6. The number of nitrogen functional groups attached to an aromatic ring is 1. The lowest BCUT2D eigenvalue weighted by Crippen LogP contribution is -2.35. The van der Waals surface area contributed by atoms with Crippen molar-refractivity contribution in [1.29, 1.82) is 0 Å². The number of amides is 6. The van der Waals surface area contributed by atoms with Crippen LogP contribution in [0.2, 0.25) is 66.8 Å². The number of likely N-dealkylation sites (N-methyl/N-ethyl adjacent to an activating group) is 3. The molecule has 0 aliphatic carbocycles. The third kappa shape index (κ3) is 41.4. The molecule has 818 valence electrons. The van der Waals surface area contributed by atoms with Crippen LogP contribution in [0.5, 0.6) is 0 Å². The number of aliphatic carboxylic acids is 1. The number of aromatic nitrogens is 9. The Morgan fingerprint density at radius 1 is 0.463 bits per heavy atom. The largest absolute Gasteiger partial charge is 0.479 e. The van der Waals surface area contributed by atoms with Gasteiger partial charge in [0.15, 0.2) is 41.2 Å². The minimum Gasteiger partial charge on any atom is -0.479 e. The summed E-state index contributed by atoms with van der Waals surface area (Å²) in [4.78, 5) is 181. The molecule has 0 unspecified atom stereocenters. The number of ether oxygens (including phenoxy) is 5. The summed E-state index contributed by atoms with van der Waals surface area (Å²) < 4.78 is 111. The average Bonchev–Trinajstić information content (AvgIpc) is 1.61. The lowest BCUT2D eigenvalue weighted by molar-refractivity contribution is -0.156. The minimum atomic E-state index is -4.64. The van der Waals surface area contributed by atoms with Crippen molar-refractivity contribution >= 4 is 149 Å². The quantitative estimate of drug-likeness (QED) is 0.00607. The number of Topliss-reactive ketones (excluding diaryl/α,β-unsaturated/α-hetero) is 2. The summed E-state index contributed by atoms with van der Waals surface area (Å²) in [7, 11) is 16.0. The van der Waals surface area contributed by atoms with E-state index in [2.05, 4.69) is 86.9 Å². The molecular weight excluding hydrogens is 2040 g/mol. The number of H-pyrrole nitrogens is 1. The van der Waals surface area contributed by atoms with Gasteiger partial charge in [-0.25, -0.2) is 32.3 Å². The van der Waals surface area contributed by atoms with E-state index in [1.54, 1.807) is 84.8 Å². The van der Waals surface area contributed by atoms with Crippen LogP contribution in [0.25, 0.3) is 32.7 Å². The number of aldehydes is 1. The number of carboxylic acids is 1. The van der Waals surface area contributed by atoms with E-state index in [1.165, 1.54) is 148 Å². The molecule has 46 heteroatoms. The number of anilines is 1. The molecule has 0 saturated carbocycles. The van der Waals surface area contributed by atoms with E-state index in [9.17, 15) is 79.5 Å². The van der Waals surface area contributed by atoms with Crippen molar-refractivity contribution in [1.82, 2.24) is 72.2 Å². The van der Waals surface area contributed by atoms with E-state index in [1.807, 2.05) is 23.0 Å². The van der Waals surface area contributed by atoms with Gasteiger partial charge in [0.1, 0.15) is 28.9 Å². The van der Waals surface area contributed by atoms with Crippen LogP contribution in [-0.4, -0.2) is 276 Å². The molecule has 149 heavy (non-hydrogen) atoms. The lowest BCUT2D eigenvalue weighted by atomic mass is 10.0. The summed E-state index contributed by atoms with van der Waals surface area (Å²) in [5, 5.41) is 10.7. The van der Waals surface area contributed by atoms with Crippen LogP contribution in [0.4, 0.5) is 46.4 Å². The fourth-order valence-corrected chi connectivity index (χ4v) is 16.2. The molecule has 9 heterocycles. The van der Waals surface area contributed by atoms with Crippen molar-refractivity contribution < 1.29 is 103 Å². The van der Waals surface area contributed by atoms with E-state index in [-0.39, 0.29) is 133 Å². The van der Waals surface area contributed by atoms with Crippen molar-refractivity contribution in [3.8, 4) is 0 Å². The molecule has 9 rings (SSSR count). The number of carboxylic acid groups (broad SMARTS) is 1. The first-order chi connectivity index (χ1) is 69.5. The highest BCUT2D eigenvalue weighted by Crippen LogP contribution is 2.32. The molecule has 0 aromatic carbocycles. The predicted molar refractivity (Wildman–Crippen MR) is 568 cm³/mol. The number of hydrogen-bond acceptors (Lipinski definition) is 22. The molecule has 0 radical (unpaired) electrons. The number of nitrogens with two attached hydrogens (primary N) is 1. The van der Waals surface area contributed by atoms with E-state index in [4.69, 9.17) is 74.1 Å². The van der Waals surface area contributed by atoms with Crippen molar-refractivity contribution in [2.45, 2.75) is 221 Å². The van der Waals surface area contributed by atoms with Gasteiger partial charge in [0.05, 0.1) is 77.5 Å². The molecule has 6 amide bonds. The van der Waals surface area contributed by atoms with Crippen LogP contribution in [0.1, 0.15) is 125 Å². The normalized spacial score (nSPS) is 12.3. The van der Waals surface area contributed by atoms with Crippen molar-refractivity contribution in [3.63, 3.8) is 0 Å². The van der Waals surface area contributed by atoms with Gasteiger partial charge in [-0.3, -0.25) is 71.8 Å². The maximum Gasteiger partial charge on any atom is 0.446 e. The lowest BCUT2D eigenvalue weighted by Gasteiger charge is -2.20. The third-order valence-electron chi connectivity index (χ3n) is 22.2. The van der Waals surface area contributed by atoms with E-state index < -0.39 is 111 Å². The minimum absolute atomic E-state index is 0.0126. The summed E-state index contributed by atoms with van der Waals surface area (Å²) in [6, 6.07) is 16.1. The molecule has 3 atom stereocenters. The van der Waals surface area contributed by atoms with E-state index >= 15 is 4.39 Å². The zero-order valence-electron chi connectivity index (χ0n) is 89.1. The molecule has 0 spiro atoms. The number of nitrogens with one attached hydrogen (secondary N) is 1. The Morgan fingerprint density at radius 2 is 0.785 bits per heavy atom. The van der Waals surface area contributed by atoms with E-state index in [0.29, 0.717) is 107 Å². The van der Waals surface area contributed by atoms with Crippen LogP contribution in [0.3, 0.4) is 0 Å². The van der Waals surface area contributed by atoms with Gasteiger partial charge in [-0.15, -0.1) is 0 Å². The fraction of sp³-hybridized carbons (Fsp3) is 0.495. The monoisotopic (exact) mass is 2180 g/mol. The molecular formula is C103H141Cl3F6N16O19Si2. The highest BCUT2D eigenvalue weighted by atomic mass is 35.5. The molecule has 0 aliphatic heterocycles. The SMILES string of the molecule is CC(C)Cc1ncc(F)c2cc(Cn3c(Cl)ccc(CC(=O)[C@H](CC/C=C/C(=O)N(C)C)OC(=O)N(C)C)c3=O)[nH]c12.CC(C)Cc1ncc(F)c2cc(Cn3c(Cl)ccc(CC(=O)[C@H](CC/C=C/C(=O)N(C)C)OC(=O)N(C)C)c3=O)n(COCC[Si](C)(C)C)c12.CC(C)Cc1ncc(F)c2cc(Cn3c(Cl)ccc(N)c3=O)n(COCC[Si](C)(C)C)c12.CN(C)C(=O)/C=C/CC[C@H](OC(=O)N(C)C)C(=O)O.O=CC(F)(F)F. The first-order valence-electron chi connectivity index (χ1n) is 48.1. The number of aromatic amines is 1. The molecule has 0 fully saturated rings. The molecule has 0 saturated heterocycles. The van der Waals surface area contributed by atoms with Crippen molar-refractivity contribution in [3.05, 3.63) is 219 Å². The maximum atomic E-state index is 15.2. The average molecular weight is 2180 g/mol. The number of carbonyl (C=O) groups is 10. The van der Waals surface area contributed by atoms with E-state index in [0.717, 1.165) is 34.1 Å².